The lowest BCUT2D eigenvalue weighted by atomic mass is 9.99. The molecule has 0 spiro atoms. The highest BCUT2D eigenvalue weighted by Crippen LogP contribution is 2.28. The molecule has 0 aliphatic rings. The summed E-state index contributed by atoms with van der Waals surface area (Å²) in [4.78, 5) is 36.5. The third-order valence-electron chi connectivity index (χ3n) is 4.52. The second-order valence-electron chi connectivity index (χ2n) is 6.11. The summed E-state index contributed by atoms with van der Waals surface area (Å²) in [5, 5.41) is 0.313. The third kappa shape index (κ3) is 3.21. The molecule has 0 unspecified atom stereocenters. The lowest BCUT2D eigenvalue weighted by Gasteiger charge is -2.11. The highest BCUT2D eigenvalue weighted by Gasteiger charge is 2.20. The van der Waals surface area contributed by atoms with Crippen LogP contribution in [0.2, 0.25) is 0 Å². The molecule has 0 radical (unpaired) electrons. The van der Waals surface area contributed by atoms with Crippen LogP contribution in [-0.4, -0.2) is 26.2 Å². The van der Waals surface area contributed by atoms with E-state index in [4.69, 9.17) is 9.15 Å². The fourth-order valence-corrected chi connectivity index (χ4v) is 2.90. The lowest BCUT2D eigenvalue weighted by Crippen LogP contribution is -2.10. The van der Waals surface area contributed by atoms with Crippen LogP contribution in [0, 0.1) is 13.8 Å². The highest BCUT2D eigenvalue weighted by atomic mass is 16.5. The number of carbonyl (C=O) groups is 2. The fraction of sp³-hybridized carbons (Fsp3) is 0.190. The molecule has 1 heterocycles. The van der Waals surface area contributed by atoms with Crippen LogP contribution in [0.5, 0.6) is 0 Å². The second-order valence-corrected chi connectivity index (χ2v) is 6.11. The second kappa shape index (κ2) is 7.07. The zero-order valence-corrected chi connectivity index (χ0v) is 15.4. The summed E-state index contributed by atoms with van der Waals surface area (Å²) in [5.41, 5.74) is 2.61. The number of aryl methyl sites for hydroxylation is 1. The average molecular weight is 366 g/mol. The van der Waals surface area contributed by atoms with Crippen molar-refractivity contribution in [3.63, 3.8) is 0 Å². The van der Waals surface area contributed by atoms with Gasteiger partial charge in [-0.15, -0.1) is 0 Å². The van der Waals surface area contributed by atoms with Gasteiger partial charge in [0.05, 0.1) is 25.2 Å². The minimum Gasteiger partial charge on any atom is -0.465 e. The van der Waals surface area contributed by atoms with Crippen molar-refractivity contribution >= 4 is 22.9 Å². The van der Waals surface area contributed by atoms with E-state index in [2.05, 4.69) is 4.74 Å². The maximum atomic E-state index is 12.6. The van der Waals surface area contributed by atoms with E-state index in [9.17, 15) is 14.4 Å². The maximum Gasteiger partial charge on any atom is 0.341 e. The summed E-state index contributed by atoms with van der Waals surface area (Å²) >= 11 is 0. The van der Waals surface area contributed by atoms with Gasteiger partial charge in [0.25, 0.3) is 0 Å². The summed E-state index contributed by atoms with van der Waals surface area (Å²) in [6, 6.07) is 9.52. The van der Waals surface area contributed by atoms with Gasteiger partial charge in [-0.25, -0.2) is 9.59 Å². The van der Waals surface area contributed by atoms with Gasteiger partial charge in [-0.3, -0.25) is 4.79 Å². The lowest BCUT2D eigenvalue weighted by molar-refractivity contribution is 0.0591. The van der Waals surface area contributed by atoms with Crippen molar-refractivity contribution in [2.45, 2.75) is 13.8 Å². The van der Waals surface area contributed by atoms with Crippen molar-refractivity contribution in [2.75, 3.05) is 14.2 Å². The van der Waals surface area contributed by atoms with Crippen molar-refractivity contribution in [1.82, 2.24) is 0 Å². The zero-order chi connectivity index (χ0) is 19.7. The topological polar surface area (TPSA) is 82.8 Å². The Kier molecular flexibility index (Phi) is 4.81. The molecule has 1 aromatic heterocycles. The molecular weight excluding hydrogens is 348 g/mol. The summed E-state index contributed by atoms with van der Waals surface area (Å²) < 4.78 is 15.5. The Bertz CT molecular complexity index is 1110. The molecule has 0 fully saturated rings. The Balaban J connectivity index is 2.24. The quantitative estimate of drug-likeness (QED) is 0.658. The number of benzene rings is 2. The van der Waals surface area contributed by atoms with Gasteiger partial charge >= 0.3 is 11.9 Å². The summed E-state index contributed by atoms with van der Waals surface area (Å²) in [7, 11) is 2.58. The molecule has 6 heteroatoms. The molecule has 6 nitrogen and oxygen atoms in total. The minimum atomic E-state index is -0.567. The van der Waals surface area contributed by atoms with E-state index >= 15 is 0 Å². The number of hydrogen-bond acceptors (Lipinski definition) is 6. The Hall–Kier alpha value is -3.41. The van der Waals surface area contributed by atoms with Crippen LogP contribution in [0.15, 0.2) is 45.6 Å². The molecule has 0 atom stereocenters. The van der Waals surface area contributed by atoms with Crippen molar-refractivity contribution < 1.29 is 23.5 Å². The monoisotopic (exact) mass is 366 g/mol. The molecule has 0 saturated carbocycles. The molecule has 0 N–H and O–H groups in total. The number of carbonyl (C=O) groups excluding carboxylic acids is 2. The molecule has 0 aliphatic heterocycles. The van der Waals surface area contributed by atoms with Crippen molar-refractivity contribution in [3.8, 4) is 11.3 Å². The van der Waals surface area contributed by atoms with Crippen molar-refractivity contribution in [1.29, 1.82) is 0 Å². The van der Waals surface area contributed by atoms with Crippen LogP contribution in [0.3, 0.4) is 0 Å². The number of esters is 2. The van der Waals surface area contributed by atoms with E-state index in [1.165, 1.54) is 20.3 Å². The van der Waals surface area contributed by atoms with E-state index < -0.39 is 11.9 Å². The summed E-state index contributed by atoms with van der Waals surface area (Å²) in [6.07, 6.45) is 0. The van der Waals surface area contributed by atoms with Gasteiger partial charge < -0.3 is 13.9 Å². The number of methoxy groups -OCH3 is 2. The minimum absolute atomic E-state index is 0.185. The first-order chi connectivity index (χ1) is 12.9. The van der Waals surface area contributed by atoms with Gasteiger partial charge in [-0.2, -0.15) is 0 Å². The van der Waals surface area contributed by atoms with E-state index in [1.54, 1.807) is 37.3 Å². The van der Waals surface area contributed by atoms with Crippen LogP contribution >= 0.6 is 0 Å². The predicted octanol–water partition coefficient (Wildman–Crippen LogP) is 3.65. The number of fused-ring (bicyclic) bond motifs is 1. The first kappa shape index (κ1) is 18.4. The van der Waals surface area contributed by atoms with Crippen LogP contribution in [0.25, 0.3) is 22.3 Å². The molecule has 3 aromatic rings. The zero-order valence-electron chi connectivity index (χ0n) is 15.4. The molecule has 0 saturated heterocycles. The van der Waals surface area contributed by atoms with Gasteiger partial charge in [0.1, 0.15) is 11.3 Å². The molecule has 0 bridgehead atoms. The molecule has 138 valence electrons. The Morgan fingerprint density at radius 3 is 2.15 bits per heavy atom. The van der Waals surface area contributed by atoms with Gasteiger partial charge in [-0.05, 0) is 43.2 Å². The van der Waals surface area contributed by atoms with Gasteiger partial charge in [0, 0.05) is 11.6 Å². The standard InChI is InChI=1S/C21H18O6/c1-11-9-15-16(22)10-17(13-5-7-14(8-6-13)20(23)25-3)27-19(15)18(12(11)2)21(24)26-4/h5-10H,1-4H3. The first-order valence-electron chi connectivity index (χ1n) is 8.22. The highest BCUT2D eigenvalue weighted by molar-refractivity contribution is 6.04. The largest absolute Gasteiger partial charge is 0.465 e. The van der Waals surface area contributed by atoms with E-state index in [-0.39, 0.29) is 22.3 Å². The smallest absolute Gasteiger partial charge is 0.341 e. The predicted molar refractivity (Wildman–Crippen MR) is 100 cm³/mol. The first-order valence-corrected chi connectivity index (χ1v) is 8.22. The van der Waals surface area contributed by atoms with Crippen LogP contribution in [0.1, 0.15) is 31.8 Å². The third-order valence-corrected chi connectivity index (χ3v) is 4.52. The summed E-state index contributed by atoms with van der Waals surface area (Å²) in [6.45, 7) is 3.60. The Labute approximate surface area is 155 Å². The normalized spacial score (nSPS) is 10.7. The van der Waals surface area contributed by atoms with E-state index in [1.807, 2.05) is 6.92 Å². The number of ether oxygens (including phenoxy) is 2. The van der Waals surface area contributed by atoms with Gasteiger partial charge in [-0.1, -0.05) is 12.1 Å². The molecule has 2 aromatic carbocycles. The molecule has 27 heavy (non-hydrogen) atoms. The average Bonchev–Trinajstić information content (AvgIpc) is 2.68. The van der Waals surface area contributed by atoms with Crippen LogP contribution in [-0.2, 0) is 9.47 Å². The number of hydrogen-bond donors (Lipinski definition) is 0. The summed E-state index contributed by atoms with van der Waals surface area (Å²) in [5.74, 6) is -0.736. The molecule has 3 rings (SSSR count). The van der Waals surface area contributed by atoms with Crippen LogP contribution < -0.4 is 5.43 Å². The van der Waals surface area contributed by atoms with Gasteiger partial charge in [0.15, 0.2) is 11.0 Å². The number of rotatable bonds is 3. The molecular formula is C21H18O6. The van der Waals surface area contributed by atoms with Gasteiger partial charge in [0.2, 0.25) is 0 Å². The Morgan fingerprint density at radius 1 is 0.926 bits per heavy atom. The molecule has 0 amide bonds. The van der Waals surface area contributed by atoms with Crippen molar-refractivity contribution in [3.05, 3.63) is 68.9 Å². The van der Waals surface area contributed by atoms with E-state index in [0.717, 1.165) is 5.56 Å². The van der Waals surface area contributed by atoms with Crippen LogP contribution in [0.4, 0.5) is 0 Å². The molecule has 0 aliphatic carbocycles. The van der Waals surface area contributed by atoms with E-state index in [0.29, 0.717) is 22.1 Å². The SMILES string of the molecule is COC(=O)c1ccc(-c2cc(=O)c3cc(C)c(C)c(C(=O)OC)c3o2)cc1. The van der Waals surface area contributed by atoms with Crippen molar-refractivity contribution in [2.24, 2.45) is 0 Å². The maximum absolute atomic E-state index is 12.6. The fourth-order valence-electron chi connectivity index (χ4n) is 2.90. The Morgan fingerprint density at radius 2 is 1.56 bits per heavy atom.